The van der Waals surface area contributed by atoms with E-state index in [-0.39, 0.29) is 6.04 Å². The van der Waals surface area contributed by atoms with Crippen LogP contribution in [-0.2, 0) is 0 Å². The van der Waals surface area contributed by atoms with E-state index < -0.39 is 11.6 Å². The molecule has 0 spiro atoms. The van der Waals surface area contributed by atoms with Gasteiger partial charge in [0.25, 0.3) is 0 Å². The molecule has 2 rings (SSSR count). The first-order valence-electron chi connectivity index (χ1n) is 6.38. The summed E-state index contributed by atoms with van der Waals surface area (Å²) in [6, 6.07) is 9.44. The number of methoxy groups -OCH3 is 1. The van der Waals surface area contributed by atoms with Crippen LogP contribution < -0.4 is 10.1 Å². The maximum atomic E-state index is 13.7. The predicted octanol–water partition coefficient (Wildman–Crippen LogP) is 4.45. The number of hydrogen-bond acceptors (Lipinski definition) is 2. The molecule has 2 nitrogen and oxygen atoms in total. The molecular formula is C16H17F2NO. The van der Waals surface area contributed by atoms with Crippen molar-refractivity contribution < 1.29 is 13.5 Å². The van der Waals surface area contributed by atoms with E-state index in [9.17, 15) is 8.78 Å². The quantitative estimate of drug-likeness (QED) is 0.891. The summed E-state index contributed by atoms with van der Waals surface area (Å²) in [5, 5.41) is 3.18. The van der Waals surface area contributed by atoms with Gasteiger partial charge in [0.15, 0.2) is 11.6 Å². The Bertz CT molecular complexity index is 613. The highest BCUT2D eigenvalue weighted by Crippen LogP contribution is 2.27. The zero-order valence-electron chi connectivity index (χ0n) is 11.7. The molecule has 0 aliphatic carbocycles. The Morgan fingerprint density at radius 2 is 1.90 bits per heavy atom. The lowest BCUT2D eigenvalue weighted by molar-refractivity contribution is 0.414. The third kappa shape index (κ3) is 2.90. The minimum atomic E-state index is -0.831. The zero-order chi connectivity index (χ0) is 14.7. The molecule has 0 aromatic heterocycles. The van der Waals surface area contributed by atoms with Crippen LogP contribution >= 0.6 is 0 Å². The van der Waals surface area contributed by atoms with E-state index in [1.807, 2.05) is 25.1 Å². The van der Waals surface area contributed by atoms with Crippen molar-refractivity contribution in [1.82, 2.24) is 0 Å². The van der Waals surface area contributed by atoms with E-state index in [0.29, 0.717) is 5.56 Å². The highest BCUT2D eigenvalue weighted by atomic mass is 19.2. The average molecular weight is 277 g/mol. The second-order valence-electron chi connectivity index (χ2n) is 4.69. The highest BCUT2D eigenvalue weighted by molar-refractivity contribution is 5.54. The van der Waals surface area contributed by atoms with Crippen LogP contribution in [0.25, 0.3) is 0 Å². The summed E-state index contributed by atoms with van der Waals surface area (Å²) in [5.41, 5.74) is 2.15. The van der Waals surface area contributed by atoms with Crippen LogP contribution in [0.1, 0.15) is 24.1 Å². The fraction of sp³-hybridized carbons (Fsp3) is 0.250. The lowest BCUT2D eigenvalue weighted by atomic mass is 10.1. The van der Waals surface area contributed by atoms with E-state index in [2.05, 4.69) is 5.32 Å². The first kappa shape index (κ1) is 14.3. The second-order valence-corrected chi connectivity index (χ2v) is 4.69. The molecule has 1 atom stereocenters. The summed E-state index contributed by atoms with van der Waals surface area (Å²) >= 11 is 0. The van der Waals surface area contributed by atoms with Crippen molar-refractivity contribution in [3.63, 3.8) is 0 Å². The number of anilines is 1. The van der Waals surface area contributed by atoms with Gasteiger partial charge in [0, 0.05) is 11.3 Å². The van der Waals surface area contributed by atoms with Gasteiger partial charge in [-0.3, -0.25) is 0 Å². The van der Waals surface area contributed by atoms with E-state index in [4.69, 9.17) is 4.74 Å². The van der Waals surface area contributed by atoms with Crippen LogP contribution in [0.5, 0.6) is 5.75 Å². The van der Waals surface area contributed by atoms with E-state index in [0.717, 1.165) is 23.1 Å². The molecule has 0 heterocycles. The number of hydrogen-bond donors (Lipinski definition) is 1. The topological polar surface area (TPSA) is 21.3 Å². The van der Waals surface area contributed by atoms with Gasteiger partial charge < -0.3 is 10.1 Å². The Kier molecular flexibility index (Phi) is 4.23. The van der Waals surface area contributed by atoms with Crippen LogP contribution in [0.15, 0.2) is 36.4 Å². The van der Waals surface area contributed by atoms with Gasteiger partial charge in [-0.05, 0) is 43.7 Å². The van der Waals surface area contributed by atoms with Gasteiger partial charge in [-0.15, -0.1) is 0 Å². The van der Waals surface area contributed by atoms with Gasteiger partial charge in [0.1, 0.15) is 5.75 Å². The standard InChI is InChI=1S/C16H17F2NO/c1-10-9-12(20-3)7-8-15(10)19-11(2)13-5-4-6-14(17)16(13)18/h4-9,11,19H,1-3H3. The van der Waals surface area contributed by atoms with Crippen molar-refractivity contribution >= 4 is 5.69 Å². The maximum absolute atomic E-state index is 13.7. The summed E-state index contributed by atoms with van der Waals surface area (Å²) in [6.45, 7) is 3.72. The Labute approximate surface area is 117 Å². The van der Waals surface area contributed by atoms with Gasteiger partial charge in [0.2, 0.25) is 0 Å². The number of halogens is 2. The smallest absolute Gasteiger partial charge is 0.164 e. The molecule has 0 amide bonds. The fourth-order valence-corrected chi connectivity index (χ4v) is 2.09. The van der Waals surface area contributed by atoms with Crippen LogP contribution in [-0.4, -0.2) is 7.11 Å². The van der Waals surface area contributed by atoms with Gasteiger partial charge in [-0.25, -0.2) is 8.78 Å². The van der Waals surface area contributed by atoms with Gasteiger partial charge in [0.05, 0.1) is 13.2 Å². The molecule has 0 saturated heterocycles. The van der Waals surface area contributed by atoms with Crippen molar-refractivity contribution in [2.75, 3.05) is 12.4 Å². The lowest BCUT2D eigenvalue weighted by Gasteiger charge is -2.18. The largest absolute Gasteiger partial charge is 0.497 e. The van der Waals surface area contributed by atoms with E-state index in [1.54, 1.807) is 20.1 Å². The number of nitrogens with one attached hydrogen (secondary N) is 1. The predicted molar refractivity (Wildman–Crippen MR) is 76.1 cm³/mol. The average Bonchev–Trinajstić information content (AvgIpc) is 2.44. The normalized spacial score (nSPS) is 12.1. The van der Waals surface area contributed by atoms with Gasteiger partial charge in [-0.2, -0.15) is 0 Å². The summed E-state index contributed by atoms with van der Waals surface area (Å²) in [7, 11) is 1.60. The summed E-state index contributed by atoms with van der Waals surface area (Å²) in [6.07, 6.45) is 0. The second kappa shape index (κ2) is 5.90. The van der Waals surface area contributed by atoms with Crippen molar-refractivity contribution in [1.29, 1.82) is 0 Å². The van der Waals surface area contributed by atoms with Gasteiger partial charge in [-0.1, -0.05) is 12.1 Å². The molecule has 1 N–H and O–H groups in total. The van der Waals surface area contributed by atoms with Crippen molar-refractivity contribution in [3.05, 3.63) is 59.2 Å². The number of benzene rings is 2. The molecule has 2 aromatic rings. The molecular weight excluding hydrogens is 260 g/mol. The minimum absolute atomic E-state index is 0.306. The highest BCUT2D eigenvalue weighted by Gasteiger charge is 2.14. The summed E-state index contributed by atoms with van der Waals surface area (Å²) in [5.74, 6) is -0.876. The van der Waals surface area contributed by atoms with Crippen LogP contribution in [0.3, 0.4) is 0 Å². The van der Waals surface area contributed by atoms with Crippen molar-refractivity contribution in [2.45, 2.75) is 19.9 Å². The van der Waals surface area contributed by atoms with Crippen molar-refractivity contribution in [3.8, 4) is 5.75 Å². The van der Waals surface area contributed by atoms with Crippen molar-refractivity contribution in [2.24, 2.45) is 0 Å². The summed E-state index contributed by atoms with van der Waals surface area (Å²) in [4.78, 5) is 0. The van der Waals surface area contributed by atoms with E-state index in [1.165, 1.54) is 6.07 Å². The molecule has 0 aliphatic rings. The molecule has 0 aliphatic heterocycles. The van der Waals surface area contributed by atoms with E-state index >= 15 is 0 Å². The number of aryl methyl sites for hydroxylation is 1. The van der Waals surface area contributed by atoms with Crippen LogP contribution in [0.2, 0.25) is 0 Å². The molecule has 0 radical (unpaired) electrons. The zero-order valence-corrected chi connectivity index (χ0v) is 11.7. The molecule has 0 bridgehead atoms. The Balaban J connectivity index is 2.23. The Morgan fingerprint density at radius 3 is 2.55 bits per heavy atom. The van der Waals surface area contributed by atoms with Crippen LogP contribution in [0, 0.1) is 18.6 Å². The molecule has 4 heteroatoms. The monoisotopic (exact) mass is 277 g/mol. The molecule has 106 valence electrons. The third-order valence-electron chi connectivity index (χ3n) is 3.25. The molecule has 0 fully saturated rings. The van der Waals surface area contributed by atoms with Gasteiger partial charge >= 0.3 is 0 Å². The summed E-state index contributed by atoms with van der Waals surface area (Å²) < 4.78 is 32.1. The molecule has 0 saturated carbocycles. The number of rotatable bonds is 4. The lowest BCUT2D eigenvalue weighted by Crippen LogP contribution is -2.10. The maximum Gasteiger partial charge on any atom is 0.164 e. The Hall–Kier alpha value is -2.10. The first-order chi connectivity index (χ1) is 9.52. The van der Waals surface area contributed by atoms with Crippen LogP contribution in [0.4, 0.5) is 14.5 Å². The minimum Gasteiger partial charge on any atom is -0.497 e. The Morgan fingerprint density at radius 1 is 1.15 bits per heavy atom. The first-order valence-corrected chi connectivity index (χ1v) is 6.38. The number of ether oxygens (including phenoxy) is 1. The molecule has 20 heavy (non-hydrogen) atoms. The molecule has 2 aromatic carbocycles. The third-order valence-corrected chi connectivity index (χ3v) is 3.25. The molecule has 1 unspecified atom stereocenters. The fourth-order valence-electron chi connectivity index (χ4n) is 2.09. The SMILES string of the molecule is COc1ccc(NC(C)c2cccc(F)c2F)c(C)c1.